The first-order valence-corrected chi connectivity index (χ1v) is 6.13. The molecule has 1 aromatic rings. The largest absolute Gasteiger partial charge is 0.491 e. The molecule has 1 aliphatic heterocycles. The Balaban J connectivity index is 2.30. The molecule has 0 saturated heterocycles. The lowest BCUT2D eigenvalue weighted by Crippen LogP contribution is -2.33. The quantitative estimate of drug-likeness (QED) is 0.809. The Morgan fingerprint density at radius 3 is 3.12 bits per heavy atom. The lowest BCUT2D eigenvalue weighted by atomic mass is 9.99. The minimum atomic E-state index is -0.0387. The van der Waals surface area contributed by atoms with E-state index in [1.165, 1.54) is 0 Å². The zero-order valence-electron chi connectivity index (χ0n) is 10.4. The number of aryl methyl sites for hydroxylation is 1. The van der Waals surface area contributed by atoms with Crippen LogP contribution in [0.5, 0.6) is 5.75 Å². The van der Waals surface area contributed by atoms with Crippen molar-refractivity contribution in [3.05, 3.63) is 23.0 Å². The highest BCUT2D eigenvalue weighted by Gasteiger charge is 2.23. The predicted octanol–water partition coefficient (Wildman–Crippen LogP) is 1.85. The number of hydrogen-bond acceptors (Lipinski definition) is 3. The lowest BCUT2D eigenvalue weighted by molar-refractivity contribution is 0.0941. The molecule has 1 amide bonds. The number of fused-ring (bicyclic) bond motifs is 1. The number of nitrogens with one attached hydrogen (secondary N) is 1. The number of hydrogen-bond donors (Lipinski definition) is 1. The highest BCUT2D eigenvalue weighted by molar-refractivity contribution is 5.99. The first kappa shape index (κ1) is 11.9. The molecule has 0 radical (unpaired) electrons. The minimum Gasteiger partial charge on any atom is -0.491 e. The Bertz CT molecular complexity index is 430. The zero-order valence-corrected chi connectivity index (χ0v) is 10.4. The summed E-state index contributed by atoms with van der Waals surface area (Å²) in [4.78, 5) is 16.2. The number of carbonyl (C=O) groups is 1. The maximum Gasteiger partial charge on any atom is 0.255 e. The van der Waals surface area contributed by atoms with Crippen LogP contribution in [0, 0.1) is 6.92 Å². The molecule has 0 aromatic carbocycles. The summed E-state index contributed by atoms with van der Waals surface area (Å²) in [6, 6.07) is 0. The number of amides is 1. The SMILES string of the molecule is CCCCOc1cnc(C)c2c1C(=O)NCC2. The molecule has 92 valence electrons. The summed E-state index contributed by atoms with van der Waals surface area (Å²) in [6.07, 6.45) is 4.57. The van der Waals surface area contributed by atoms with Gasteiger partial charge in [-0.05, 0) is 25.3 Å². The first-order chi connectivity index (χ1) is 8.24. The molecule has 0 atom stereocenters. The van der Waals surface area contributed by atoms with E-state index in [2.05, 4.69) is 17.2 Å². The molecule has 0 aliphatic carbocycles. The zero-order chi connectivity index (χ0) is 12.3. The molecule has 0 spiro atoms. The maximum absolute atomic E-state index is 11.9. The summed E-state index contributed by atoms with van der Waals surface area (Å²) >= 11 is 0. The molecule has 4 heteroatoms. The van der Waals surface area contributed by atoms with E-state index < -0.39 is 0 Å². The summed E-state index contributed by atoms with van der Waals surface area (Å²) in [6.45, 7) is 5.37. The third-order valence-corrected chi connectivity index (χ3v) is 3.00. The topological polar surface area (TPSA) is 51.2 Å². The van der Waals surface area contributed by atoms with Crippen LogP contribution in [0.4, 0.5) is 0 Å². The highest BCUT2D eigenvalue weighted by atomic mass is 16.5. The fourth-order valence-corrected chi connectivity index (χ4v) is 2.01. The molecule has 0 bridgehead atoms. The second-order valence-electron chi connectivity index (χ2n) is 4.27. The van der Waals surface area contributed by atoms with Gasteiger partial charge in [0.25, 0.3) is 5.91 Å². The third-order valence-electron chi connectivity index (χ3n) is 3.00. The van der Waals surface area contributed by atoms with Crippen LogP contribution in [0.15, 0.2) is 6.20 Å². The van der Waals surface area contributed by atoms with Crippen molar-refractivity contribution < 1.29 is 9.53 Å². The van der Waals surface area contributed by atoms with Crippen LogP contribution in [0.2, 0.25) is 0 Å². The van der Waals surface area contributed by atoms with Crippen molar-refractivity contribution >= 4 is 5.91 Å². The second-order valence-corrected chi connectivity index (χ2v) is 4.27. The number of aromatic nitrogens is 1. The molecule has 0 unspecified atom stereocenters. The van der Waals surface area contributed by atoms with Gasteiger partial charge in [0.1, 0.15) is 0 Å². The molecule has 2 heterocycles. The second kappa shape index (κ2) is 5.17. The van der Waals surface area contributed by atoms with E-state index in [4.69, 9.17) is 4.74 Å². The highest BCUT2D eigenvalue weighted by Crippen LogP contribution is 2.26. The molecule has 4 nitrogen and oxygen atoms in total. The van der Waals surface area contributed by atoms with Crippen molar-refractivity contribution in [2.45, 2.75) is 33.1 Å². The number of nitrogens with zero attached hydrogens (tertiary/aromatic N) is 1. The van der Waals surface area contributed by atoms with Gasteiger partial charge in [0, 0.05) is 12.2 Å². The van der Waals surface area contributed by atoms with Gasteiger partial charge in [0.15, 0.2) is 5.75 Å². The molecule has 1 N–H and O–H groups in total. The van der Waals surface area contributed by atoms with Gasteiger partial charge < -0.3 is 10.1 Å². The van der Waals surface area contributed by atoms with Crippen LogP contribution in [0.1, 0.15) is 41.4 Å². The maximum atomic E-state index is 11.9. The van der Waals surface area contributed by atoms with Gasteiger partial charge in [-0.25, -0.2) is 0 Å². The first-order valence-electron chi connectivity index (χ1n) is 6.13. The molecule has 0 saturated carbocycles. The van der Waals surface area contributed by atoms with E-state index in [1.54, 1.807) is 6.20 Å². The van der Waals surface area contributed by atoms with Crippen molar-refractivity contribution in [3.63, 3.8) is 0 Å². The minimum absolute atomic E-state index is 0.0387. The van der Waals surface area contributed by atoms with E-state index in [0.29, 0.717) is 24.5 Å². The van der Waals surface area contributed by atoms with Crippen LogP contribution < -0.4 is 10.1 Å². The summed E-state index contributed by atoms with van der Waals surface area (Å²) in [5.41, 5.74) is 2.64. The van der Waals surface area contributed by atoms with Gasteiger partial charge in [-0.1, -0.05) is 13.3 Å². The molecular formula is C13H18N2O2. The number of pyridine rings is 1. The fourth-order valence-electron chi connectivity index (χ4n) is 2.01. The van der Waals surface area contributed by atoms with Crippen molar-refractivity contribution in [1.82, 2.24) is 10.3 Å². The summed E-state index contributed by atoms with van der Waals surface area (Å²) in [5.74, 6) is 0.583. The van der Waals surface area contributed by atoms with E-state index in [-0.39, 0.29) is 5.91 Å². The Kier molecular flexibility index (Phi) is 3.61. The molecule has 17 heavy (non-hydrogen) atoms. The Morgan fingerprint density at radius 2 is 2.35 bits per heavy atom. The molecule has 2 rings (SSSR count). The Hall–Kier alpha value is -1.58. The van der Waals surface area contributed by atoms with Gasteiger partial charge in [0.2, 0.25) is 0 Å². The number of rotatable bonds is 4. The summed E-state index contributed by atoms with van der Waals surface area (Å²) < 4.78 is 5.65. The van der Waals surface area contributed by atoms with Crippen LogP contribution >= 0.6 is 0 Å². The standard InChI is InChI=1S/C13H18N2O2/c1-3-4-7-17-11-8-15-9(2)10-5-6-14-13(16)12(10)11/h8H,3-7H2,1-2H3,(H,14,16). The molecule has 0 fully saturated rings. The Morgan fingerprint density at radius 1 is 1.53 bits per heavy atom. The van der Waals surface area contributed by atoms with Gasteiger partial charge >= 0.3 is 0 Å². The van der Waals surface area contributed by atoms with Crippen molar-refractivity contribution in [1.29, 1.82) is 0 Å². The van der Waals surface area contributed by atoms with Gasteiger partial charge in [0.05, 0.1) is 18.4 Å². The van der Waals surface area contributed by atoms with Gasteiger partial charge in [-0.15, -0.1) is 0 Å². The van der Waals surface area contributed by atoms with Gasteiger partial charge in [-0.3, -0.25) is 9.78 Å². The van der Waals surface area contributed by atoms with Crippen LogP contribution in [-0.2, 0) is 6.42 Å². The van der Waals surface area contributed by atoms with Gasteiger partial charge in [-0.2, -0.15) is 0 Å². The normalized spacial score (nSPS) is 14.1. The molecule has 1 aliphatic rings. The molecular weight excluding hydrogens is 216 g/mol. The van der Waals surface area contributed by atoms with Crippen LogP contribution in [-0.4, -0.2) is 24.0 Å². The third kappa shape index (κ3) is 2.40. The van der Waals surface area contributed by atoms with E-state index >= 15 is 0 Å². The summed E-state index contributed by atoms with van der Waals surface area (Å²) in [5, 5.41) is 2.85. The van der Waals surface area contributed by atoms with E-state index in [9.17, 15) is 4.79 Å². The molecule has 1 aromatic heterocycles. The van der Waals surface area contributed by atoms with Crippen LogP contribution in [0.3, 0.4) is 0 Å². The number of unbranched alkanes of at least 4 members (excludes halogenated alkanes) is 1. The van der Waals surface area contributed by atoms with E-state index in [1.807, 2.05) is 6.92 Å². The predicted molar refractivity (Wildman–Crippen MR) is 65.4 cm³/mol. The average molecular weight is 234 g/mol. The smallest absolute Gasteiger partial charge is 0.255 e. The summed E-state index contributed by atoms with van der Waals surface area (Å²) in [7, 11) is 0. The average Bonchev–Trinajstić information content (AvgIpc) is 2.33. The number of carbonyl (C=O) groups excluding carboxylic acids is 1. The lowest BCUT2D eigenvalue weighted by Gasteiger charge is -2.20. The van der Waals surface area contributed by atoms with Crippen LogP contribution in [0.25, 0.3) is 0 Å². The monoisotopic (exact) mass is 234 g/mol. The van der Waals surface area contributed by atoms with Crippen molar-refractivity contribution in [2.24, 2.45) is 0 Å². The number of ether oxygens (including phenoxy) is 1. The van der Waals surface area contributed by atoms with Crippen molar-refractivity contribution in [3.8, 4) is 5.75 Å². The van der Waals surface area contributed by atoms with Crippen molar-refractivity contribution in [2.75, 3.05) is 13.2 Å². The Labute approximate surface area is 101 Å². The van der Waals surface area contributed by atoms with E-state index in [0.717, 1.165) is 30.5 Å². The fraction of sp³-hybridized carbons (Fsp3) is 0.538.